The van der Waals surface area contributed by atoms with Crippen LogP contribution in [0, 0.1) is 5.92 Å². The number of carbonyl (C=O) groups is 2. The molecule has 4 amide bonds. The van der Waals surface area contributed by atoms with Gasteiger partial charge in [0.05, 0.1) is 12.3 Å². The van der Waals surface area contributed by atoms with Gasteiger partial charge in [0.2, 0.25) is 0 Å². The van der Waals surface area contributed by atoms with Crippen LogP contribution in [0.1, 0.15) is 30.5 Å². The van der Waals surface area contributed by atoms with Gasteiger partial charge in [0, 0.05) is 56.9 Å². The van der Waals surface area contributed by atoms with E-state index in [0.29, 0.717) is 18.9 Å². The Balaban J connectivity index is 1.24. The van der Waals surface area contributed by atoms with Crippen LogP contribution in [0.15, 0.2) is 59.5 Å². The fourth-order valence-electron chi connectivity index (χ4n) is 6.05. The maximum absolute atomic E-state index is 12.3. The van der Waals surface area contributed by atoms with Crippen LogP contribution in [0.25, 0.3) is 11.1 Å². The Morgan fingerprint density at radius 1 is 1.19 bits per heavy atom. The summed E-state index contributed by atoms with van der Waals surface area (Å²) in [6.07, 6.45) is 18.5. The van der Waals surface area contributed by atoms with Crippen LogP contribution >= 0.6 is 0 Å². The number of nitrogens with zero attached hydrogens (tertiary/aromatic N) is 7. The van der Waals surface area contributed by atoms with E-state index in [1.54, 1.807) is 11.9 Å². The summed E-state index contributed by atoms with van der Waals surface area (Å²) in [5.41, 5.74) is 11.7. The molecule has 0 bridgehead atoms. The van der Waals surface area contributed by atoms with E-state index < -0.39 is 0 Å². The number of aryl methyl sites for hydroxylation is 1. The normalized spacial score (nSPS) is 20.3. The number of primary amides is 1. The second-order valence-corrected chi connectivity index (χ2v) is 11.1. The number of hydrogen-bond acceptors (Lipinski definition) is 7. The molecule has 2 aromatic heterocycles. The predicted octanol–water partition coefficient (Wildman–Crippen LogP) is 2.63. The first kappa shape index (κ1) is 27.7. The van der Waals surface area contributed by atoms with E-state index in [1.807, 2.05) is 4.52 Å². The molecule has 1 fully saturated rings. The molecule has 12 nitrogen and oxygen atoms in total. The van der Waals surface area contributed by atoms with E-state index >= 15 is 0 Å². The molecule has 4 heterocycles. The Bertz CT molecular complexity index is 1510. The lowest BCUT2D eigenvalue weighted by atomic mass is 9.92. The second-order valence-electron chi connectivity index (χ2n) is 11.1. The van der Waals surface area contributed by atoms with Crippen molar-refractivity contribution in [1.82, 2.24) is 34.7 Å². The highest BCUT2D eigenvalue weighted by Gasteiger charge is 2.28. The summed E-state index contributed by atoms with van der Waals surface area (Å²) in [7, 11) is 1.58. The molecule has 4 N–H and O–H groups in total. The van der Waals surface area contributed by atoms with Crippen molar-refractivity contribution < 1.29 is 9.59 Å². The standard InChI is InChI=1S/C30H38N10O2/c1-32-30(42)35-28-27-25(22-9-10-23-19-39(36-26(23)16-22)18-21-6-3-2-4-7-21)17-24(40(27)34-20-33-28)8-5-11-37-12-14-38(15-13-37)29(31)41/h2-3,6,9-10,16-17,20,23H,4-5,7-8,11-15,18-19H2,1H3,(H2,31,41)(H2,32,33,34,35,42). The molecule has 2 aromatic rings. The summed E-state index contributed by atoms with van der Waals surface area (Å²) in [5, 5.41) is 17.2. The van der Waals surface area contributed by atoms with Gasteiger partial charge in [-0.2, -0.15) is 10.2 Å². The average molecular weight is 571 g/mol. The minimum absolute atomic E-state index is 0.261. The maximum atomic E-state index is 12.3. The lowest BCUT2D eigenvalue weighted by molar-refractivity contribution is 0.144. The van der Waals surface area contributed by atoms with Gasteiger partial charge in [0.25, 0.3) is 0 Å². The zero-order valence-electron chi connectivity index (χ0n) is 24.0. The molecule has 1 atom stereocenters. The molecular weight excluding hydrogens is 532 g/mol. The first-order valence-electron chi connectivity index (χ1n) is 14.7. The highest BCUT2D eigenvalue weighted by Crippen LogP contribution is 2.34. The smallest absolute Gasteiger partial charge is 0.320 e. The minimum Gasteiger partial charge on any atom is -0.351 e. The predicted molar refractivity (Wildman–Crippen MR) is 163 cm³/mol. The zero-order chi connectivity index (χ0) is 29.1. The largest absolute Gasteiger partial charge is 0.351 e. The molecule has 12 heteroatoms. The van der Waals surface area contributed by atoms with Gasteiger partial charge in [-0.1, -0.05) is 30.4 Å². The molecule has 2 aliphatic heterocycles. The number of carbonyl (C=O) groups excluding carboxylic acids is 2. The number of urea groups is 2. The molecule has 1 unspecified atom stereocenters. The van der Waals surface area contributed by atoms with Crippen molar-refractivity contribution in [3.8, 4) is 0 Å². The molecule has 0 radical (unpaired) electrons. The van der Waals surface area contributed by atoms with Crippen LogP contribution in [-0.2, 0) is 6.42 Å². The molecule has 0 aromatic carbocycles. The second kappa shape index (κ2) is 12.2. The van der Waals surface area contributed by atoms with E-state index in [4.69, 9.17) is 10.8 Å². The summed E-state index contributed by atoms with van der Waals surface area (Å²) < 4.78 is 1.89. The molecule has 0 spiro atoms. The van der Waals surface area contributed by atoms with Crippen LogP contribution in [0.4, 0.5) is 15.4 Å². The number of anilines is 1. The highest BCUT2D eigenvalue weighted by molar-refractivity contribution is 6.09. The van der Waals surface area contributed by atoms with Crippen molar-refractivity contribution >= 4 is 34.7 Å². The summed E-state index contributed by atoms with van der Waals surface area (Å²) in [6, 6.07) is 1.47. The van der Waals surface area contributed by atoms with E-state index in [1.165, 1.54) is 11.9 Å². The summed E-state index contributed by atoms with van der Waals surface area (Å²) >= 11 is 0. The Morgan fingerprint density at radius 3 is 2.81 bits per heavy atom. The molecule has 0 saturated carbocycles. The minimum atomic E-state index is -0.351. The molecular formula is C30H38N10O2. The van der Waals surface area contributed by atoms with Crippen molar-refractivity contribution in [2.24, 2.45) is 16.8 Å². The van der Waals surface area contributed by atoms with E-state index in [2.05, 4.69) is 73.1 Å². The Hall–Kier alpha value is -4.45. The number of allylic oxidation sites excluding steroid dienone is 6. The fourth-order valence-corrected chi connectivity index (χ4v) is 6.05. The van der Waals surface area contributed by atoms with Crippen molar-refractivity contribution in [2.75, 3.05) is 58.2 Å². The third kappa shape index (κ3) is 5.94. The Labute approximate surface area is 245 Å². The quantitative estimate of drug-likeness (QED) is 0.446. The van der Waals surface area contributed by atoms with Crippen LogP contribution in [0.2, 0.25) is 0 Å². The molecule has 6 rings (SSSR count). The number of hydrogen-bond donors (Lipinski definition) is 3. The van der Waals surface area contributed by atoms with Crippen LogP contribution in [-0.4, -0.2) is 100 Å². The maximum Gasteiger partial charge on any atom is 0.320 e. The highest BCUT2D eigenvalue weighted by atomic mass is 16.2. The van der Waals surface area contributed by atoms with Gasteiger partial charge >= 0.3 is 12.1 Å². The average Bonchev–Trinajstić information content (AvgIpc) is 3.59. The van der Waals surface area contributed by atoms with Crippen LogP contribution < -0.4 is 16.4 Å². The van der Waals surface area contributed by atoms with Crippen LogP contribution in [0.5, 0.6) is 0 Å². The van der Waals surface area contributed by atoms with E-state index in [-0.39, 0.29) is 18.0 Å². The van der Waals surface area contributed by atoms with Gasteiger partial charge in [0.1, 0.15) is 11.8 Å². The number of nitrogens with two attached hydrogens (primary N) is 1. The zero-order valence-corrected chi connectivity index (χ0v) is 24.0. The SMILES string of the molecule is CNC(=O)Nc1ncnn2c(CCCN3CCN(C(N)=O)CC3)cc(C3=CC4=NN(CC5=CC=CCC5)CC4C=C3)c12. The summed E-state index contributed by atoms with van der Waals surface area (Å²) in [4.78, 5) is 32.2. The van der Waals surface area contributed by atoms with Crippen molar-refractivity contribution in [3.63, 3.8) is 0 Å². The monoisotopic (exact) mass is 570 g/mol. The first-order valence-corrected chi connectivity index (χ1v) is 14.7. The van der Waals surface area contributed by atoms with Gasteiger partial charge in [-0.25, -0.2) is 19.1 Å². The number of rotatable bonds is 8. The fraction of sp³-hybridized carbons (Fsp3) is 0.433. The molecule has 42 heavy (non-hydrogen) atoms. The number of piperazine rings is 1. The van der Waals surface area contributed by atoms with Gasteiger partial charge < -0.3 is 16.0 Å². The number of hydrazone groups is 1. The van der Waals surface area contributed by atoms with Crippen molar-refractivity contribution in [1.29, 1.82) is 0 Å². The first-order chi connectivity index (χ1) is 20.5. The van der Waals surface area contributed by atoms with Crippen LogP contribution in [0.3, 0.4) is 0 Å². The van der Waals surface area contributed by atoms with Gasteiger partial charge in [-0.15, -0.1) is 0 Å². The van der Waals surface area contributed by atoms with E-state index in [9.17, 15) is 9.59 Å². The van der Waals surface area contributed by atoms with Gasteiger partial charge in [-0.05, 0) is 55.5 Å². The third-order valence-electron chi connectivity index (χ3n) is 8.33. The molecule has 4 aliphatic rings. The number of aromatic nitrogens is 3. The number of nitrogens with one attached hydrogen (secondary N) is 2. The lowest BCUT2D eigenvalue weighted by Crippen LogP contribution is -2.50. The Kier molecular flexibility index (Phi) is 8.04. The van der Waals surface area contributed by atoms with Crippen molar-refractivity contribution in [2.45, 2.75) is 25.7 Å². The molecule has 220 valence electrons. The number of fused-ring (bicyclic) bond motifs is 2. The van der Waals surface area contributed by atoms with Gasteiger partial charge in [-0.3, -0.25) is 15.2 Å². The van der Waals surface area contributed by atoms with Crippen molar-refractivity contribution in [3.05, 3.63) is 65.7 Å². The molecule has 2 aliphatic carbocycles. The topological polar surface area (TPSA) is 136 Å². The molecule has 1 saturated heterocycles. The third-order valence-corrected chi connectivity index (χ3v) is 8.33. The lowest BCUT2D eigenvalue weighted by Gasteiger charge is -2.33. The Morgan fingerprint density at radius 2 is 2.05 bits per heavy atom. The van der Waals surface area contributed by atoms with E-state index in [0.717, 1.165) is 86.5 Å². The summed E-state index contributed by atoms with van der Waals surface area (Å²) in [6.45, 7) is 5.59. The van der Waals surface area contributed by atoms with Gasteiger partial charge in [0.15, 0.2) is 5.82 Å². The summed E-state index contributed by atoms with van der Waals surface area (Å²) in [5.74, 6) is 0.716. The number of amides is 4.